The van der Waals surface area contributed by atoms with Crippen molar-refractivity contribution in [3.8, 4) is 17.2 Å². The highest BCUT2D eigenvalue weighted by molar-refractivity contribution is 6.02. The largest absolute Gasteiger partial charge is 0.507 e. The number of hydrogen-bond donors (Lipinski definition) is 1. The third kappa shape index (κ3) is 2.29. The Morgan fingerprint density at radius 3 is 2.65 bits per heavy atom. The quantitative estimate of drug-likeness (QED) is 0.560. The lowest BCUT2D eigenvalue weighted by molar-refractivity contribution is -0.143. The minimum absolute atomic E-state index is 0.134. The van der Waals surface area contributed by atoms with Crippen molar-refractivity contribution in [3.63, 3.8) is 0 Å². The molecule has 3 aliphatic rings. The molecule has 0 radical (unpaired) electrons. The molecule has 2 heterocycles. The van der Waals surface area contributed by atoms with Crippen molar-refractivity contribution in [2.24, 2.45) is 0 Å². The molecule has 1 spiro atoms. The number of carbonyl (C=O) groups excluding carboxylic acids is 1. The van der Waals surface area contributed by atoms with Gasteiger partial charge in [-0.25, -0.2) is 4.79 Å². The molecule has 0 aromatic heterocycles. The summed E-state index contributed by atoms with van der Waals surface area (Å²) >= 11 is 0. The number of carbonyl (C=O) groups is 1. The van der Waals surface area contributed by atoms with E-state index in [0.29, 0.717) is 22.5 Å². The zero-order chi connectivity index (χ0) is 21.3. The predicted molar refractivity (Wildman–Crippen MR) is 119 cm³/mol. The average Bonchev–Trinajstić information content (AvgIpc) is 3.06. The van der Waals surface area contributed by atoms with Gasteiger partial charge in [0, 0.05) is 42.5 Å². The third-order valence-electron chi connectivity index (χ3n) is 6.43. The van der Waals surface area contributed by atoms with Crippen LogP contribution in [0.2, 0.25) is 0 Å². The molecule has 1 N–H and O–H groups in total. The van der Waals surface area contributed by atoms with Gasteiger partial charge in [-0.15, -0.1) is 0 Å². The number of fused-ring (bicyclic) bond motifs is 8. The lowest BCUT2D eigenvalue weighted by atomic mass is 9.74. The van der Waals surface area contributed by atoms with Gasteiger partial charge in [0.1, 0.15) is 17.2 Å². The smallest absolute Gasteiger partial charge is 0.339 e. The molecule has 2 aliphatic heterocycles. The van der Waals surface area contributed by atoms with E-state index in [2.05, 4.69) is 6.08 Å². The SMILES string of the molecule is CN(C)c1ccc2c(c1)Oc1c(ccc3cccc(O)c13)C21OC(=O)C2=CCCC=C21. The molecule has 6 rings (SSSR count). The van der Waals surface area contributed by atoms with Gasteiger partial charge in [-0.05, 0) is 42.5 Å². The number of anilines is 1. The molecule has 0 amide bonds. The van der Waals surface area contributed by atoms with E-state index in [-0.39, 0.29) is 11.7 Å². The van der Waals surface area contributed by atoms with Gasteiger partial charge in [0.2, 0.25) is 0 Å². The van der Waals surface area contributed by atoms with Crippen LogP contribution in [0, 0.1) is 0 Å². The van der Waals surface area contributed by atoms with E-state index in [9.17, 15) is 9.90 Å². The molecule has 154 valence electrons. The first-order chi connectivity index (χ1) is 15.0. The summed E-state index contributed by atoms with van der Waals surface area (Å²) in [6.45, 7) is 0. The van der Waals surface area contributed by atoms with Gasteiger partial charge in [0.25, 0.3) is 0 Å². The van der Waals surface area contributed by atoms with Crippen molar-refractivity contribution >= 4 is 22.4 Å². The molecule has 3 aromatic carbocycles. The summed E-state index contributed by atoms with van der Waals surface area (Å²) in [6.07, 6.45) is 5.73. The van der Waals surface area contributed by atoms with E-state index in [1.807, 2.05) is 61.5 Å². The number of rotatable bonds is 1. The van der Waals surface area contributed by atoms with Gasteiger partial charge >= 0.3 is 5.97 Å². The van der Waals surface area contributed by atoms with E-state index in [4.69, 9.17) is 9.47 Å². The van der Waals surface area contributed by atoms with Crippen LogP contribution >= 0.6 is 0 Å². The third-order valence-corrected chi connectivity index (χ3v) is 6.43. The highest BCUT2D eigenvalue weighted by Crippen LogP contribution is 2.60. The Morgan fingerprint density at radius 2 is 1.81 bits per heavy atom. The van der Waals surface area contributed by atoms with Crippen molar-refractivity contribution in [3.05, 3.63) is 83.0 Å². The number of hydrogen-bond acceptors (Lipinski definition) is 5. The van der Waals surface area contributed by atoms with Crippen LogP contribution in [0.25, 0.3) is 10.8 Å². The topological polar surface area (TPSA) is 59.0 Å². The second kappa shape index (κ2) is 6.14. The number of phenols is 1. The summed E-state index contributed by atoms with van der Waals surface area (Å²) in [4.78, 5) is 15.0. The molecule has 31 heavy (non-hydrogen) atoms. The molecule has 3 aromatic rings. The van der Waals surface area contributed by atoms with Gasteiger partial charge in [0.15, 0.2) is 5.60 Å². The van der Waals surface area contributed by atoms with Crippen LogP contribution in [0.3, 0.4) is 0 Å². The number of nitrogens with zero attached hydrogens (tertiary/aromatic N) is 1. The number of aromatic hydroxyl groups is 1. The molecule has 1 fully saturated rings. The molecule has 0 bridgehead atoms. The molecule has 1 atom stereocenters. The molecule has 5 heteroatoms. The highest BCUT2D eigenvalue weighted by atomic mass is 16.6. The maximum absolute atomic E-state index is 13.0. The van der Waals surface area contributed by atoms with Crippen molar-refractivity contribution in [2.75, 3.05) is 19.0 Å². The Hall–Kier alpha value is -3.73. The van der Waals surface area contributed by atoms with E-state index in [1.54, 1.807) is 12.1 Å². The number of esters is 1. The van der Waals surface area contributed by atoms with Gasteiger partial charge in [-0.3, -0.25) is 0 Å². The molecule has 1 aliphatic carbocycles. The summed E-state index contributed by atoms with van der Waals surface area (Å²) in [5, 5.41) is 12.2. The summed E-state index contributed by atoms with van der Waals surface area (Å²) in [6, 6.07) is 15.2. The first-order valence-corrected chi connectivity index (χ1v) is 10.4. The molecule has 1 saturated heterocycles. The number of allylic oxidation sites excluding steroid dienone is 2. The molecule has 0 saturated carbocycles. The lowest BCUT2D eigenvalue weighted by Crippen LogP contribution is -2.33. The van der Waals surface area contributed by atoms with Gasteiger partial charge < -0.3 is 19.5 Å². The van der Waals surface area contributed by atoms with E-state index in [0.717, 1.165) is 40.6 Å². The number of ether oxygens (including phenoxy) is 2. The Balaban J connectivity index is 1.74. The molecular weight excluding hydrogens is 390 g/mol. The van der Waals surface area contributed by atoms with Gasteiger partial charge in [0.05, 0.1) is 11.0 Å². The van der Waals surface area contributed by atoms with Crippen molar-refractivity contribution in [2.45, 2.75) is 18.4 Å². The van der Waals surface area contributed by atoms with Crippen LogP contribution in [-0.2, 0) is 15.1 Å². The van der Waals surface area contributed by atoms with E-state index < -0.39 is 5.60 Å². The fourth-order valence-electron chi connectivity index (χ4n) is 4.98. The fraction of sp³-hybridized carbons (Fsp3) is 0.192. The summed E-state index contributed by atoms with van der Waals surface area (Å²) in [5.41, 5.74) is 2.90. The number of benzene rings is 3. The van der Waals surface area contributed by atoms with Crippen LogP contribution in [0.15, 0.2) is 71.8 Å². The second-order valence-corrected chi connectivity index (χ2v) is 8.38. The van der Waals surface area contributed by atoms with Crippen LogP contribution in [0.4, 0.5) is 5.69 Å². The van der Waals surface area contributed by atoms with Gasteiger partial charge in [-0.2, -0.15) is 0 Å². The molecule has 5 nitrogen and oxygen atoms in total. The Morgan fingerprint density at radius 1 is 1.00 bits per heavy atom. The normalized spacial score (nSPS) is 20.9. The summed E-state index contributed by atoms with van der Waals surface area (Å²) in [7, 11) is 3.94. The van der Waals surface area contributed by atoms with Crippen molar-refractivity contribution in [1.29, 1.82) is 0 Å². The first-order valence-electron chi connectivity index (χ1n) is 10.4. The molecular formula is C26H21NO4. The van der Waals surface area contributed by atoms with Crippen LogP contribution < -0.4 is 9.64 Å². The van der Waals surface area contributed by atoms with Gasteiger partial charge in [-0.1, -0.05) is 30.4 Å². The van der Waals surface area contributed by atoms with Crippen molar-refractivity contribution in [1.82, 2.24) is 0 Å². The maximum atomic E-state index is 13.0. The maximum Gasteiger partial charge on any atom is 0.339 e. The Labute approximate surface area is 179 Å². The zero-order valence-corrected chi connectivity index (χ0v) is 17.3. The highest BCUT2D eigenvalue weighted by Gasteiger charge is 2.56. The van der Waals surface area contributed by atoms with Crippen LogP contribution in [-0.4, -0.2) is 25.2 Å². The van der Waals surface area contributed by atoms with Crippen LogP contribution in [0.1, 0.15) is 24.0 Å². The van der Waals surface area contributed by atoms with E-state index >= 15 is 0 Å². The zero-order valence-electron chi connectivity index (χ0n) is 17.3. The fourth-order valence-corrected chi connectivity index (χ4v) is 4.98. The Kier molecular flexibility index (Phi) is 3.58. The van der Waals surface area contributed by atoms with Crippen molar-refractivity contribution < 1.29 is 19.4 Å². The number of phenolic OH excluding ortho intramolecular Hbond substituents is 1. The average molecular weight is 411 g/mol. The second-order valence-electron chi connectivity index (χ2n) is 8.38. The monoisotopic (exact) mass is 411 g/mol. The summed E-state index contributed by atoms with van der Waals surface area (Å²) < 4.78 is 12.7. The van der Waals surface area contributed by atoms with Crippen LogP contribution in [0.5, 0.6) is 17.2 Å². The predicted octanol–water partition coefficient (Wildman–Crippen LogP) is 5.16. The summed E-state index contributed by atoms with van der Waals surface area (Å²) in [5.74, 6) is 0.961. The molecule has 1 unspecified atom stereocenters. The first kappa shape index (κ1) is 18.1. The van der Waals surface area contributed by atoms with E-state index in [1.165, 1.54) is 0 Å². The Bertz CT molecular complexity index is 1350. The standard InChI is InChI=1S/C26H21NO4/c1-27(2)16-11-13-19-22(14-16)30-24-20(12-10-15-6-5-9-21(28)23(15)24)26(19)18-8-4-3-7-17(18)25(29)31-26/h5-14,28H,3-4H2,1-2H3. The minimum Gasteiger partial charge on any atom is -0.507 e. The minimum atomic E-state index is -1.09. The lowest BCUT2D eigenvalue weighted by Gasteiger charge is -2.38.